The number of hydrogen-bond acceptors (Lipinski definition) is 7. The maximum absolute atomic E-state index is 14.0. The van der Waals surface area contributed by atoms with Crippen LogP contribution in [0.25, 0.3) is 0 Å². The number of pyridine rings is 1. The largest absolute Gasteiger partial charge is 0.481 e. The fraction of sp³-hybridized carbons (Fsp3) is 0.467. The molecule has 4 rings (SSSR count). The Bertz CT molecular complexity index is 1530. The third-order valence-corrected chi connectivity index (χ3v) is 8.43. The number of aromatic amines is 1. The summed E-state index contributed by atoms with van der Waals surface area (Å²) in [6.45, 7) is 10.2. The second-order valence-corrected chi connectivity index (χ2v) is 12.2. The third kappa shape index (κ3) is 6.11. The number of ether oxygens (including phenoxy) is 1. The molecule has 0 saturated carbocycles. The molecule has 224 valence electrons. The molecule has 1 aliphatic heterocycles. The number of allylic oxidation sites excluding steroid dienone is 3. The molecule has 1 aliphatic carbocycles. The number of carbonyl (C=O) groups is 3. The van der Waals surface area contributed by atoms with Crippen LogP contribution in [0.1, 0.15) is 68.8 Å². The molecule has 1 unspecified atom stereocenters. The van der Waals surface area contributed by atoms with Crippen molar-refractivity contribution in [1.82, 2.24) is 25.4 Å². The van der Waals surface area contributed by atoms with Crippen molar-refractivity contribution in [2.45, 2.75) is 78.9 Å². The second-order valence-electron chi connectivity index (χ2n) is 11.8. The van der Waals surface area contributed by atoms with Gasteiger partial charge in [-0.1, -0.05) is 30.7 Å². The number of hydrogen-bond donors (Lipinski definition) is 3. The highest BCUT2D eigenvalue weighted by atomic mass is 35.5. The van der Waals surface area contributed by atoms with Gasteiger partial charge in [-0.2, -0.15) is 5.10 Å². The van der Waals surface area contributed by atoms with Gasteiger partial charge in [-0.05, 0) is 72.1 Å². The molecule has 0 spiro atoms. The SMILES string of the molecule is Cc1cc(Oc2ccc(C(=O)N[C@H](C)C(=O)N3[C@H](C4(C)C=C(Cl)C=CC4)CC[C@@H]3C(C)(C)C(=O)O)nc2C)c(=O)[nH]n1. The van der Waals surface area contributed by atoms with Gasteiger partial charge in [0.1, 0.15) is 17.5 Å². The maximum atomic E-state index is 14.0. The summed E-state index contributed by atoms with van der Waals surface area (Å²) < 4.78 is 5.69. The predicted octanol–water partition coefficient (Wildman–Crippen LogP) is 4.25. The highest BCUT2D eigenvalue weighted by Crippen LogP contribution is 2.47. The number of amides is 2. The smallest absolute Gasteiger partial charge is 0.311 e. The van der Waals surface area contributed by atoms with Crippen LogP contribution in [0.15, 0.2) is 46.3 Å². The molecule has 2 amide bonds. The van der Waals surface area contributed by atoms with Crippen LogP contribution in [-0.2, 0) is 9.59 Å². The van der Waals surface area contributed by atoms with E-state index in [1.54, 1.807) is 39.5 Å². The molecule has 0 radical (unpaired) electrons. The molecule has 1 saturated heterocycles. The number of rotatable bonds is 8. The molecule has 4 atom stereocenters. The van der Waals surface area contributed by atoms with E-state index in [0.29, 0.717) is 35.7 Å². The zero-order valence-electron chi connectivity index (χ0n) is 24.5. The summed E-state index contributed by atoms with van der Waals surface area (Å²) in [6, 6.07) is 2.58. The molecular formula is C30H36ClN5O6. The summed E-state index contributed by atoms with van der Waals surface area (Å²) in [5.41, 5.74) is -1.24. The number of nitrogens with one attached hydrogen (secondary N) is 2. The summed E-state index contributed by atoms with van der Waals surface area (Å²) in [7, 11) is 0. The molecule has 1 fully saturated rings. The highest BCUT2D eigenvalue weighted by Gasteiger charge is 2.53. The number of aliphatic carboxylic acids is 1. The van der Waals surface area contributed by atoms with Crippen molar-refractivity contribution < 1.29 is 24.2 Å². The highest BCUT2D eigenvalue weighted by molar-refractivity contribution is 6.31. The van der Waals surface area contributed by atoms with E-state index in [0.717, 1.165) is 0 Å². The van der Waals surface area contributed by atoms with Crippen LogP contribution < -0.4 is 15.6 Å². The van der Waals surface area contributed by atoms with Gasteiger partial charge in [-0.3, -0.25) is 19.2 Å². The van der Waals surface area contributed by atoms with Crippen molar-refractivity contribution in [3.63, 3.8) is 0 Å². The van der Waals surface area contributed by atoms with Crippen molar-refractivity contribution >= 4 is 29.4 Å². The first-order valence-electron chi connectivity index (χ1n) is 13.8. The summed E-state index contributed by atoms with van der Waals surface area (Å²) in [5, 5.41) is 19.5. The monoisotopic (exact) mass is 597 g/mol. The van der Waals surface area contributed by atoms with Crippen LogP contribution in [0.3, 0.4) is 0 Å². The number of carboxylic acids is 1. The van der Waals surface area contributed by atoms with Gasteiger partial charge in [0.05, 0.1) is 16.8 Å². The van der Waals surface area contributed by atoms with Crippen LogP contribution >= 0.6 is 11.6 Å². The maximum Gasteiger partial charge on any atom is 0.311 e. The van der Waals surface area contributed by atoms with Gasteiger partial charge in [-0.15, -0.1) is 0 Å². The summed E-state index contributed by atoms with van der Waals surface area (Å²) in [5.74, 6) is -1.64. The van der Waals surface area contributed by atoms with Gasteiger partial charge >= 0.3 is 11.5 Å². The molecule has 3 N–H and O–H groups in total. The predicted molar refractivity (Wildman–Crippen MR) is 156 cm³/mol. The van der Waals surface area contributed by atoms with E-state index in [1.165, 1.54) is 18.2 Å². The van der Waals surface area contributed by atoms with E-state index >= 15 is 0 Å². The molecule has 3 heterocycles. The topological polar surface area (TPSA) is 155 Å². The Balaban J connectivity index is 1.55. The van der Waals surface area contributed by atoms with Crippen molar-refractivity contribution in [1.29, 1.82) is 0 Å². The Hall–Kier alpha value is -3.99. The van der Waals surface area contributed by atoms with Gasteiger partial charge in [0.25, 0.3) is 5.91 Å². The van der Waals surface area contributed by atoms with Gasteiger partial charge in [-0.25, -0.2) is 10.1 Å². The normalized spacial score (nSPS) is 22.8. The number of carbonyl (C=O) groups excluding carboxylic acids is 2. The number of aryl methyl sites for hydroxylation is 2. The molecule has 12 heteroatoms. The fourth-order valence-electron chi connectivity index (χ4n) is 5.71. The first kappa shape index (κ1) is 31.0. The van der Waals surface area contributed by atoms with Gasteiger partial charge in [0, 0.05) is 28.6 Å². The lowest BCUT2D eigenvalue weighted by molar-refractivity contribution is -0.154. The standard InChI is InChI=1S/C30H36ClN5O6/c1-16-14-22(26(38)35-34-16)42-21-10-9-20(32-17(21)2)25(37)33-18(3)27(39)36-23(29(4,5)28(40)41)11-12-24(36)30(6)13-7-8-19(31)15-30/h7-10,14-15,18,23-24H,11-13H2,1-6H3,(H,33,37)(H,35,38)(H,40,41)/t18-,23-,24+,30?/m1/s1. The van der Waals surface area contributed by atoms with E-state index in [2.05, 4.69) is 20.5 Å². The molecule has 2 aromatic rings. The zero-order chi connectivity index (χ0) is 31.0. The van der Waals surface area contributed by atoms with Crippen LogP contribution in [0, 0.1) is 24.7 Å². The number of likely N-dealkylation sites (tertiary alicyclic amines) is 1. The molecule has 11 nitrogen and oxygen atoms in total. The Morgan fingerprint density at radius 2 is 1.95 bits per heavy atom. The van der Waals surface area contributed by atoms with E-state index in [-0.39, 0.29) is 29.1 Å². The number of carboxylic acid groups (broad SMARTS) is 1. The second kappa shape index (κ2) is 11.7. The molecule has 42 heavy (non-hydrogen) atoms. The first-order chi connectivity index (χ1) is 19.6. The summed E-state index contributed by atoms with van der Waals surface area (Å²) >= 11 is 6.35. The minimum absolute atomic E-state index is 0.0427. The van der Waals surface area contributed by atoms with Crippen LogP contribution in [0.5, 0.6) is 11.5 Å². The minimum atomic E-state index is -1.22. The van der Waals surface area contributed by atoms with Crippen LogP contribution in [0.2, 0.25) is 0 Å². The Kier molecular flexibility index (Phi) is 8.63. The first-order valence-corrected chi connectivity index (χ1v) is 14.1. The van der Waals surface area contributed by atoms with E-state index < -0.39 is 40.3 Å². The van der Waals surface area contributed by atoms with Crippen molar-refractivity contribution in [3.05, 3.63) is 68.9 Å². The summed E-state index contributed by atoms with van der Waals surface area (Å²) in [6.07, 6.45) is 7.44. The number of nitrogens with zero attached hydrogens (tertiary/aromatic N) is 3. The molecule has 0 aromatic carbocycles. The lowest BCUT2D eigenvalue weighted by Gasteiger charge is -2.45. The number of H-pyrrole nitrogens is 1. The summed E-state index contributed by atoms with van der Waals surface area (Å²) in [4.78, 5) is 57.5. The zero-order valence-corrected chi connectivity index (χ0v) is 25.3. The molecular weight excluding hydrogens is 562 g/mol. The average molecular weight is 598 g/mol. The van der Waals surface area contributed by atoms with E-state index in [4.69, 9.17) is 16.3 Å². The number of halogens is 1. The van der Waals surface area contributed by atoms with Crippen LogP contribution in [-0.4, -0.2) is 61.1 Å². The van der Waals surface area contributed by atoms with E-state index in [9.17, 15) is 24.3 Å². The molecule has 0 bridgehead atoms. The Labute approximate surface area is 249 Å². The Morgan fingerprint density at radius 1 is 1.24 bits per heavy atom. The van der Waals surface area contributed by atoms with Crippen molar-refractivity contribution in [2.75, 3.05) is 0 Å². The lowest BCUT2D eigenvalue weighted by Crippen LogP contribution is -2.58. The van der Waals surface area contributed by atoms with Crippen molar-refractivity contribution in [2.24, 2.45) is 10.8 Å². The lowest BCUT2D eigenvalue weighted by atomic mass is 9.75. The van der Waals surface area contributed by atoms with Gasteiger partial charge in [0.2, 0.25) is 5.91 Å². The van der Waals surface area contributed by atoms with Crippen molar-refractivity contribution in [3.8, 4) is 11.5 Å². The Morgan fingerprint density at radius 3 is 2.60 bits per heavy atom. The quantitative estimate of drug-likeness (QED) is 0.408. The molecule has 2 aromatic heterocycles. The third-order valence-electron chi connectivity index (χ3n) is 8.19. The van der Waals surface area contributed by atoms with Gasteiger partial charge in [0.15, 0.2) is 5.75 Å². The fourth-order valence-corrected chi connectivity index (χ4v) is 6.05. The average Bonchev–Trinajstić information content (AvgIpc) is 3.38. The molecule has 2 aliphatic rings. The minimum Gasteiger partial charge on any atom is -0.481 e. The van der Waals surface area contributed by atoms with Gasteiger partial charge < -0.3 is 20.1 Å². The van der Waals surface area contributed by atoms with Crippen LogP contribution in [0.4, 0.5) is 0 Å². The number of aromatic nitrogens is 3. The van der Waals surface area contributed by atoms with E-state index in [1.807, 2.05) is 25.2 Å².